The largest absolute Gasteiger partial charge is 0.369 e. The molecule has 1 saturated heterocycles. The van der Waals surface area contributed by atoms with Gasteiger partial charge >= 0.3 is 0 Å². The lowest BCUT2D eigenvalue weighted by Gasteiger charge is -2.30. The van der Waals surface area contributed by atoms with E-state index in [1.54, 1.807) is 15.5 Å². The summed E-state index contributed by atoms with van der Waals surface area (Å²) in [5.41, 5.74) is 5.92. The van der Waals surface area contributed by atoms with E-state index in [0.29, 0.717) is 48.5 Å². The van der Waals surface area contributed by atoms with Crippen molar-refractivity contribution in [1.82, 2.24) is 14.5 Å². The van der Waals surface area contributed by atoms with Crippen molar-refractivity contribution in [2.75, 3.05) is 18.8 Å². The molecule has 2 aromatic rings. The summed E-state index contributed by atoms with van der Waals surface area (Å²) in [5.74, 6) is -0.220. The number of piperidine rings is 1. The molecule has 0 bridgehead atoms. The highest BCUT2D eigenvalue weighted by Gasteiger charge is 2.26. The highest BCUT2D eigenvalue weighted by molar-refractivity contribution is 7.99. The van der Waals surface area contributed by atoms with Gasteiger partial charge in [-0.2, -0.15) is 0 Å². The fourth-order valence-electron chi connectivity index (χ4n) is 3.31. The lowest BCUT2D eigenvalue weighted by atomic mass is 9.96. The maximum atomic E-state index is 12.8. The van der Waals surface area contributed by atoms with Crippen LogP contribution in [-0.4, -0.2) is 45.1 Å². The molecule has 27 heavy (non-hydrogen) atoms. The van der Waals surface area contributed by atoms with Gasteiger partial charge in [-0.05, 0) is 31.4 Å². The average molecular weight is 388 g/mol. The zero-order valence-electron chi connectivity index (χ0n) is 15.4. The number of hydrogen-bond donors (Lipinski definition) is 1. The minimum absolute atomic E-state index is 0.00613. The van der Waals surface area contributed by atoms with Gasteiger partial charge in [-0.25, -0.2) is 4.98 Å². The van der Waals surface area contributed by atoms with E-state index in [2.05, 4.69) is 4.98 Å². The number of amides is 2. The number of nitrogens with two attached hydrogens (primary N) is 1. The van der Waals surface area contributed by atoms with Crippen LogP contribution in [0.3, 0.4) is 0 Å². The predicted octanol–water partition coefficient (Wildman–Crippen LogP) is 1.62. The van der Waals surface area contributed by atoms with Crippen LogP contribution in [0.5, 0.6) is 0 Å². The number of likely N-dealkylation sites (tertiary alicyclic amines) is 1. The van der Waals surface area contributed by atoms with Crippen molar-refractivity contribution in [3.05, 3.63) is 34.6 Å². The van der Waals surface area contributed by atoms with Crippen LogP contribution in [0.2, 0.25) is 0 Å². The minimum atomic E-state index is -0.291. The molecule has 0 unspecified atom stereocenters. The number of rotatable bonds is 6. The number of benzene rings is 1. The van der Waals surface area contributed by atoms with E-state index in [4.69, 9.17) is 5.73 Å². The monoisotopic (exact) mass is 388 g/mol. The maximum Gasteiger partial charge on any atom is 0.262 e. The normalized spacial score (nSPS) is 15.2. The van der Waals surface area contributed by atoms with E-state index in [-0.39, 0.29) is 29.0 Å². The minimum Gasteiger partial charge on any atom is -0.369 e. The van der Waals surface area contributed by atoms with E-state index in [1.807, 2.05) is 25.1 Å². The molecule has 8 heteroatoms. The van der Waals surface area contributed by atoms with Crippen molar-refractivity contribution in [2.24, 2.45) is 11.7 Å². The molecule has 0 saturated carbocycles. The second-order valence-electron chi connectivity index (χ2n) is 6.71. The van der Waals surface area contributed by atoms with Crippen LogP contribution >= 0.6 is 11.8 Å². The molecule has 1 aromatic carbocycles. The summed E-state index contributed by atoms with van der Waals surface area (Å²) < 4.78 is 1.65. The number of para-hydroxylation sites is 1. The Morgan fingerprint density at radius 1 is 1.26 bits per heavy atom. The zero-order chi connectivity index (χ0) is 19.4. The Kier molecular flexibility index (Phi) is 6.15. The first-order chi connectivity index (χ1) is 13.0. The standard InChI is InChI=1S/C19H24N4O3S/c1-2-9-23-18(26)14-5-3-4-6-15(14)21-19(23)27-12-16(24)22-10-7-13(8-11-22)17(20)25/h3-6,13H,2,7-12H2,1H3,(H2,20,25). The summed E-state index contributed by atoms with van der Waals surface area (Å²) in [6, 6.07) is 7.27. The fourth-order valence-corrected chi connectivity index (χ4v) is 4.24. The predicted molar refractivity (Wildman–Crippen MR) is 106 cm³/mol. The molecule has 7 nitrogen and oxygen atoms in total. The molecule has 1 aliphatic heterocycles. The fraction of sp³-hybridized carbons (Fsp3) is 0.474. The summed E-state index contributed by atoms with van der Waals surface area (Å²) in [4.78, 5) is 42.9. The third kappa shape index (κ3) is 4.32. The van der Waals surface area contributed by atoms with E-state index < -0.39 is 0 Å². The van der Waals surface area contributed by atoms with Crippen LogP contribution in [0.15, 0.2) is 34.2 Å². The van der Waals surface area contributed by atoms with Crippen molar-refractivity contribution >= 4 is 34.5 Å². The van der Waals surface area contributed by atoms with Gasteiger partial charge in [-0.1, -0.05) is 30.8 Å². The van der Waals surface area contributed by atoms with Crippen molar-refractivity contribution < 1.29 is 9.59 Å². The van der Waals surface area contributed by atoms with Crippen LogP contribution in [0.1, 0.15) is 26.2 Å². The molecule has 2 heterocycles. The van der Waals surface area contributed by atoms with Crippen LogP contribution < -0.4 is 11.3 Å². The summed E-state index contributed by atoms with van der Waals surface area (Å²) >= 11 is 1.29. The van der Waals surface area contributed by atoms with Gasteiger partial charge in [0.2, 0.25) is 11.8 Å². The summed E-state index contributed by atoms with van der Waals surface area (Å²) in [7, 11) is 0. The highest BCUT2D eigenvalue weighted by Crippen LogP contribution is 2.21. The van der Waals surface area contributed by atoms with Gasteiger partial charge in [0.25, 0.3) is 5.56 Å². The summed E-state index contributed by atoms with van der Waals surface area (Å²) in [5, 5.41) is 1.16. The molecule has 3 rings (SSSR count). The Morgan fingerprint density at radius 3 is 2.63 bits per heavy atom. The topological polar surface area (TPSA) is 98.3 Å². The molecular formula is C19H24N4O3S. The van der Waals surface area contributed by atoms with Crippen LogP contribution in [-0.2, 0) is 16.1 Å². The van der Waals surface area contributed by atoms with E-state index in [1.165, 1.54) is 11.8 Å². The molecule has 0 spiro atoms. The molecule has 144 valence electrons. The Bertz CT molecular complexity index is 903. The summed E-state index contributed by atoms with van der Waals surface area (Å²) in [6.45, 7) is 3.65. The number of fused-ring (bicyclic) bond motifs is 1. The van der Waals surface area contributed by atoms with Crippen molar-refractivity contribution in [2.45, 2.75) is 37.9 Å². The first-order valence-corrected chi connectivity index (χ1v) is 10.2. The van der Waals surface area contributed by atoms with Crippen LogP contribution in [0.25, 0.3) is 10.9 Å². The van der Waals surface area contributed by atoms with Gasteiger partial charge in [0.05, 0.1) is 16.7 Å². The summed E-state index contributed by atoms with van der Waals surface area (Å²) in [6.07, 6.45) is 2.03. The van der Waals surface area contributed by atoms with Crippen molar-refractivity contribution in [3.8, 4) is 0 Å². The molecular weight excluding hydrogens is 364 g/mol. The second kappa shape index (κ2) is 8.56. The number of primary amides is 1. The van der Waals surface area contributed by atoms with E-state index in [0.717, 1.165) is 6.42 Å². The van der Waals surface area contributed by atoms with Gasteiger partial charge < -0.3 is 10.6 Å². The van der Waals surface area contributed by atoms with Crippen LogP contribution in [0, 0.1) is 5.92 Å². The van der Waals surface area contributed by atoms with Gasteiger partial charge in [0.1, 0.15) is 0 Å². The average Bonchev–Trinajstić information content (AvgIpc) is 2.68. The molecule has 0 radical (unpaired) electrons. The second-order valence-corrected chi connectivity index (χ2v) is 7.66. The van der Waals surface area contributed by atoms with Gasteiger partial charge in [-0.15, -0.1) is 0 Å². The molecule has 1 aliphatic rings. The molecule has 2 N–H and O–H groups in total. The van der Waals surface area contributed by atoms with E-state index in [9.17, 15) is 14.4 Å². The first-order valence-electron chi connectivity index (χ1n) is 9.20. The molecule has 1 aromatic heterocycles. The highest BCUT2D eigenvalue weighted by atomic mass is 32.2. The lowest BCUT2D eigenvalue weighted by molar-refractivity contribution is -0.132. The number of nitrogens with zero attached hydrogens (tertiary/aromatic N) is 3. The van der Waals surface area contributed by atoms with Crippen molar-refractivity contribution in [1.29, 1.82) is 0 Å². The Balaban J connectivity index is 1.73. The first kappa shape index (κ1) is 19.4. The van der Waals surface area contributed by atoms with E-state index >= 15 is 0 Å². The number of carbonyl (C=O) groups excluding carboxylic acids is 2. The van der Waals surface area contributed by atoms with Gasteiger partial charge in [0.15, 0.2) is 5.16 Å². The Morgan fingerprint density at radius 2 is 1.96 bits per heavy atom. The molecule has 2 amide bonds. The number of aromatic nitrogens is 2. The van der Waals surface area contributed by atoms with Crippen LogP contribution in [0.4, 0.5) is 0 Å². The Labute approximate surface area is 161 Å². The maximum absolute atomic E-state index is 12.8. The third-order valence-electron chi connectivity index (χ3n) is 4.85. The van der Waals surface area contributed by atoms with Crippen molar-refractivity contribution in [3.63, 3.8) is 0 Å². The zero-order valence-corrected chi connectivity index (χ0v) is 16.2. The number of thioether (sulfide) groups is 1. The number of carbonyl (C=O) groups is 2. The molecule has 0 atom stereocenters. The van der Waals surface area contributed by atoms with Gasteiger partial charge in [0, 0.05) is 25.6 Å². The third-order valence-corrected chi connectivity index (χ3v) is 5.81. The molecule has 1 fully saturated rings. The lowest BCUT2D eigenvalue weighted by Crippen LogP contribution is -2.42. The van der Waals surface area contributed by atoms with Gasteiger partial charge in [-0.3, -0.25) is 19.0 Å². The smallest absolute Gasteiger partial charge is 0.262 e. The molecule has 0 aliphatic carbocycles. The Hall–Kier alpha value is -2.35. The number of hydrogen-bond acceptors (Lipinski definition) is 5. The quantitative estimate of drug-likeness (QED) is 0.599. The SMILES string of the molecule is CCCn1c(SCC(=O)N2CCC(C(N)=O)CC2)nc2ccccc2c1=O.